The van der Waals surface area contributed by atoms with E-state index in [2.05, 4.69) is 50.4 Å². The Morgan fingerprint density at radius 2 is 1.86 bits per heavy atom. The molecule has 7 heteroatoms. The molecule has 276 valence electrons. The van der Waals surface area contributed by atoms with Crippen molar-refractivity contribution in [1.82, 2.24) is 5.32 Å². The van der Waals surface area contributed by atoms with Crippen molar-refractivity contribution in [1.29, 1.82) is 0 Å². The van der Waals surface area contributed by atoms with Gasteiger partial charge < -0.3 is 25.0 Å². The second-order valence-corrected chi connectivity index (χ2v) is 14.7. The lowest BCUT2D eigenvalue weighted by atomic mass is 9.70. The molecule has 1 amide bonds. The number of hydrogen-bond acceptors (Lipinski definition) is 5. The van der Waals surface area contributed by atoms with Gasteiger partial charge >= 0.3 is 0 Å². The molecule has 3 N–H and O–H groups in total. The van der Waals surface area contributed by atoms with Crippen molar-refractivity contribution in [3.8, 4) is 11.5 Å². The Hall–Kier alpha value is -3.42. The maximum atomic E-state index is 14.1. The third-order valence-corrected chi connectivity index (χ3v) is 10.1. The highest BCUT2D eigenvalue weighted by molar-refractivity contribution is 5.91. The first kappa shape index (κ1) is 41.0. The number of ether oxygens (including phenoxy) is 2. The Morgan fingerprint density at radius 3 is 2.44 bits per heavy atom. The highest BCUT2D eigenvalue weighted by Crippen LogP contribution is 2.41. The fourth-order valence-corrected chi connectivity index (χ4v) is 6.27. The Labute approximate surface area is 300 Å². The number of allylic oxidation sites excluding steroid dienone is 4. The standard InChI is InChI=1S/C37H52FNO5.C6H10/c1-7-26(2)34(30-15-10-16-32(24-30)44-36(4,5)38)39-35(42)37(6)21-18-28(19-22-37)12-8-9-13-29-14-11-17-33(27(29)3)43-23-20-31(41)25-40;1-2-6-4-3-5-6/h9-11,13-17,24,28,31,40-41H,7-8,12,18-23,25H2,1-6H3,(H,39,42);2H,3-5H2,1H3/b13-9+,34-26+;. The first-order chi connectivity index (χ1) is 23.8. The molecule has 2 saturated carbocycles. The van der Waals surface area contributed by atoms with Crippen LogP contribution in [0.3, 0.4) is 0 Å². The third kappa shape index (κ3) is 13.0. The summed E-state index contributed by atoms with van der Waals surface area (Å²) in [6, 6.07) is 13.2. The summed E-state index contributed by atoms with van der Waals surface area (Å²) < 4.78 is 25.4. The molecule has 50 heavy (non-hydrogen) atoms. The number of benzene rings is 2. The topological polar surface area (TPSA) is 88.0 Å². The summed E-state index contributed by atoms with van der Waals surface area (Å²) in [5.74, 6) is 0.0508. The second kappa shape index (κ2) is 19.8. The van der Waals surface area contributed by atoms with Crippen molar-refractivity contribution in [2.45, 2.75) is 131 Å². The minimum absolute atomic E-state index is 0.0410. The fraction of sp³-hybridized carbons (Fsp3) is 0.558. The number of nitrogens with one attached hydrogen (secondary N) is 1. The average Bonchev–Trinajstić information content (AvgIpc) is 3.06. The maximum Gasteiger partial charge on any atom is 0.242 e. The third-order valence-electron chi connectivity index (χ3n) is 10.1. The van der Waals surface area contributed by atoms with Gasteiger partial charge in [-0.2, -0.15) is 4.39 Å². The summed E-state index contributed by atoms with van der Waals surface area (Å²) in [4.78, 5) is 13.7. The predicted molar refractivity (Wildman–Crippen MR) is 204 cm³/mol. The zero-order valence-corrected chi connectivity index (χ0v) is 31.6. The Kier molecular flexibility index (Phi) is 16.3. The molecule has 6 nitrogen and oxygen atoms in total. The molecular weight excluding hydrogens is 629 g/mol. The molecule has 0 radical (unpaired) electrons. The molecule has 2 aliphatic rings. The lowest BCUT2D eigenvalue weighted by molar-refractivity contribution is -0.131. The van der Waals surface area contributed by atoms with Gasteiger partial charge in [0.1, 0.15) is 11.5 Å². The summed E-state index contributed by atoms with van der Waals surface area (Å²) in [6.07, 6.45) is 16.9. The first-order valence-corrected chi connectivity index (χ1v) is 18.6. The number of hydrogen-bond donors (Lipinski definition) is 3. The molecule has 2 aromatic rings. The molecule has 2 aliphatic carbocycles. The van der Waals surface area contributed by atoms with E-state index in [4.69, 9.17) is 14.6 Å². The van der Waals surface area contributed by atoms with Crippen molar-refractivity contribution in [2.24, 2.45) is 11.3 Å². The van der Waals surface area contributed by atoms with Crippen molar-refractivity contribution in [3.63, 3.8) is 0 Å². The largest absolute Gasteiger partial charge is 0.493 e. The van der Waals surface area contributed by atoms with E-state index >= 15 is 0 Å². The van der Waals surface area contributed by atoms with E-state index in [1.165, 1.54) is 33.1 Å². The number of aliphatic hydroxyl groups is 2. The number of carbonyl (C=O) groups excluding carboxylic acids is 1. The Bertz CT molecular complexity index is 1460. The van der Waals surface area contributed by atoms with Crippen LogP contribution in [0.1, 0.15) is 129 Å². The van der Waals surface area contributed by atoms with Crippen LogP contribution >= 0.6 is 0 Å². The van der Waals surface area contributed by atoms with Crippen LogP contribution in [0.25, 0.3) is 11.8 Å². The monoisotopic (exact) mass is 691 g/mol. The normalized spacial score (nSPS) is 20.2. The average molecular weight is 692 g/mol. The van der Waals surface area contributed by atoms with Crippen LogP contribution in [-0.2, 0) is 4.79 Å². The Morgan fingerprint density at radius 1 is 1.16 bits per heavy atom. The van der Waals surface area contributed by atoms with Crippen LogP contribution in [0.4, 0.5) is 4.39 Å². The molecule has 0 heterocycles. The quantitative estimate of drug-likeness (QED) is 0.162. The zero-order valence-electron chi connectivity index (χ0n) is 31.6. The van der Waals surface area contributed by atoms with E-state index in [1.807, 2.05) is 38.1 Å². The number of carbonyl (C=O) groups is 1. The second-order valence-electron chi connectivity index (χ2n) is 14.7. The predicted octanol–water partition coefficient (Wildman–Crippen LogP) is 10.3. The Balaban J connectivity index is 0.00000101. The van der Waals surface area contributed by atoms with Gasteiger partial charge in [-0.05, 0) is 126 Å². The SMILES string of the molecule is CC/C(C)=C(/NC(=O)C1(C)CCC(CC/C=C/c2cccc(OCCC(O)CO)c2C)CC1)c1cccc(OC(C)(C)F)c1.CC=C1CCC1. The molecule has 0 aromatic heterocycles. The minimum Gasteiger partial charge on any atom is -0.493 e. The van der Waals surface area contributed by atoms with Crippen LogP contribution in [0, 0.1) is 18.3 Å². The number of halogens is 1. The van der Waals surface area contributed by atoms with E-state index in [0.29, 0.717) is 24.7 Å². The van der Waals surface area contributed by atoms with Gasteiger partial charge in [0.05, 0.1) is 19.3 Å². The lowest BCUT2D eigenvalue weighted by Crippen LogP contribution is -2.41. The van der Waals surface area contributed by atoms with Crippen molar-refractivity contribution in [3.05, 3.63) is 82.5 Å². The summed E-state index contributed by atoms with van der Waals surface area (Å²) in [5, 5.41) is 21.8. The molecule has 1 atom stereocenters. The van der Waals surface area contributed by atoms with Gasteiger partial charge in [0.25, 0.3) is 0 Å². The zero-order chi connectivity index (χ0) is 36.7. The van der Waals surface area contributed by atoms with Crippen LogP contribution in [-0.4, -0.2) is 41.3 Å². The number of rotatable bonds is 15. The molecule has 2 fully saturated rings. The molecule has 0 bridgehead atoms. The molecule has 0 aliphatic heterocycles. The van der Waals surface area contributed by atoms with Gasteiger partial charge in [0.2, 0.25) is 11.8 Å². The van der Waals surface area contributed by atoms with Gasteiger partial charge in [-0.15, -0.1) is 0 Å². The van der Waals surface area contributed by atoms with Crippen LogP contribution in [0.15, 0.2) is 65.8 Å². The van der Waals surface area contributed by atoms with Gasteiger partial charge in [-0.3, -0.25) is 4.79 Å². The maximum absolute atomic E-state index is 14.1. The van der Waals surface area contributed by atoms with Crippen molar-refractivity contribution < 1.29 is 28.9 Å². The highest BCUT2D eigenvalue weighted by atomic mass is 19.2. The van der Waals surface area contributed by atoms with E-state index in [1.54, 1.807) is 17.7 Å². The van der Waals surface area contributed by atoms with Gasteiger partial charge in [-0.1, -0.05) is 61.9 Å². The number of amides is 1. The molecule has 1 unspecified atom stereocenters. The van der Waals surface area contributed by atoms with Gasteiger partial charge in [0, 0.05) is 36.9 Å². The molecule has 0 saturated heterocycles. The fourth-order valence-electron chi connectivity index (χ4n) is 6.27. The summed E-state index contributed by atoms with van der Waals surface area (Å²) >= 11 is 0. The lowest BCUT2D eigenvalue weighted by Gasteiger charge is -2.36. The van der Waals surface area contributed by atoms with Gasteiger partial charge in [-0.25, -0.2) is 0 Å². The van der Waals surface area contributed by atoms with Crippen LogP contribution in [0.5, 0.6) is 11.5 Å². The molecular formula is C43H62FNO5. The highest BCUT2D eigenvalue weighted by Gasteiger charge is 2.37. The molecule has 0 spiro atoms. The van der Waals surface area contributed by atoms with Crippen molar-refractivity contribution in [2.75, 3.05) is 13.2 Å². The van der Waals surface area contributed by atoms with Crippen LogP contribution in [0.2, 0.25) is 0 Å². The van der Waals surface area contributed by atoms with Crippen molar-refractivity contribution >= 4 is 17.7 Å². The number of alkyl halides is 1. The summed E-state index contributed by atoms with van der Waals surface area (Å²) in [7, 11) is 0. The van der Waals surface area contributed by atoms with E-state index in [0.717, 1.165) is 78.7 Å². The van der Waals surface area contributed by atoms with E-state index < -0.39 is 17.4 Å². The first-order valence-electron chi connectivity index (χ1n) is 18.6. The van der Waals surface area contributed by atoms with Crippen LogP contribution < -0.4 is 14.8 Å². The molecule has 4 rings (SSSR count). The van der Waals surface area contributed by atoms with E-state index in [-0.39, 0.29) is 12.5 Å². The van der Waals surface area contributed by atoms with Gasteiger partial charge in [0.15, 0.2) is 0 Å². The summed E-state index contributed by atoms with van der Waals surface area (Å²) in [6.45, 7) is 13.1. The minimum atomic E-state index is -1.79. The van der Waals surface area contributed by atoms with E-state index in [9.17, 15) is 14.3 Å². The summed E-state index contributed by atoms with van der Waals surface area (Å²) in [5.41, 5.74) is 6.03. The number of aliphatic hydroxyl groups excluding tert-OH is 2. The molecule has 2 aromatic carbocycles. The smallest absolute Gasteiger partial charge is 0.242 e.